The predicted molar refractivity (Wildman–Crippen MR) is 84.9 cm³/mol. The Morgan fingerprint density at radius 2 is 1.95 bits per heavy atom. The number of hydrogen-bond donors (Lipinski definition) is 0. The molecule has 0 radical (unpaired) electrons. The fourth-order valence-corrected chi connectivity index (χ4v) is 2.27. The number of halogens is 1. The average Bonchev–Trinajstić information content (AvgIpc) is 3.02. The van der Waals surface area contributed by atoms with Crippen LogP contribution in [0.25, 0.3) is 11.5 Å². The van der Waals surface area contributed by atoms with Crippen molar-refractivity contribution in [1.82, 2.24) is 10.2 Å². The van der Waals surface area contributed by atoms with Crippen LogP contribution in [-0.4, -0.2) is 10.2 Å². The van der Waals surface area contributed by atoms with Crippen LogP contribution >= 0.6 is 11.6 Å². The van der Waals surface area contributed by atoms with E-state index in [1.807, 2.05) is 36.4 Å². The molecule has 0 saturated carbocycles. The van der Waals surface area contributed by atoms with Crippen LogP contribution in [0.2, 0.25) is 5.02 Å². The molecule has 0 fully saturated rings. The highest BCUT2D eigenvalue weighted by atomic mass is 35.5. The third-order valence-corrected chi connectivity index (χ3v) is 3.57. The molecule has 1 heterocycles. The van der Waals surface area contributed by atoms with Crippen molar-refractivity contribution in [3.8, 4) is 17.2 Å². The van der Waals surface area contributed by atoms with E-state index in [9.17, 15) is 0 Å². The van der Waals surface area contributed by atoms with E-state index in [0.717, 1.165) is 17.7 Å². The molecule has 0 amide bonds. The first-order chi connectivity index (χ1) is 10.8. The van der Waals surface area contributed by atoms with Crippen molar-refractivity contribution in [2.24, 2.45) is 0 Å². The van der Waals surface area contributed by atoms with Crippen molar-refractivity contribution < 1.29 is 9.15 Å². The topological polar surface area (TPSA) is 48.2 Å². The Kier molecular flexibility index (Phi) is 4.39. The van der Waals surface area contributed by atoms with Crippen LogP contribution in [-0.2, 0) is 13.0 Å². The van der Waals surface area contributed by atoms with Gasteiger partial charge in [0.15, 0.2) is 6.61 Å². The molecule has 4 nitrogen and oxygen atoms in total. The molecule has 0 aliphatic heterocycles. The summed E-state index contributed by atoms with van der Waals surface area (Å²) in [5.74, 6) is 1.60. The summed E-state index contributed by atoms with van der Waals surface area (Å²) < 4.78 is 11.3. The van der Waals surface area contributed by atoms with Crippen molar-refractivity contribution in [1.29, 1.82) is 0 Å². The number of ether oxygens (including phenoxy) is 1. The van der Waals surface area contributed by atoms with Gasteiger partial charge in [0.2, 0.25) is 5.89 Å². The van der Waals surface area contributed by atoms with Crippen LogP contribution in [0, 0.1) is 0 Å². The molecule has 2 aromatic carbocycles. The van der Waals surface area contributed by atoms with Gasteiger partial charge in [-0.2, -0.15) is 0 Å². The van der Waals surface area contributed by atoms with Crippen molar-refractivity contribution in [2.75, 3.05) is 0 Å². The maximum absolute atomic E-state index is 6.12. The molecule has 5 heteroatoms. The number of hydrogen-bond acceptors (Lipinski definition) is 4. The summed E-state index contributed by atoms with van der Waals surface area (Å²) in [7, 11) is 0. The number of nitrogens with zero attached hydrogens (tertiary/aromatic N) is 2. The molecular formula is C17H15ClN2O2. The highest BCUT2D eigenvalue weighted by Crippen LogP contribution is 2.26. The Bertz CT molecular complexity index is 771. The van der Waals surface area contributed by atoms with Crippen molar-refractivity contribution >= 4 is 11.6 Å². The van der Waals surface area contributed by atoms with E-state index in [1.54, 1.807) is 6.07 Å². The Morgan fingerprint density at radius 3 is 2.77 bits per heavy atom. The summed E-state index contributed by atoms with van der Waals surface area (Å²) in [6, 6.07) is 15.3. The fraction of sp³-hybridized carbons (Fsp3) is 0.176. The molecule has 0 N–H and O–H groups in total. The molecular weight excluding hydrogens is 300 g/mol. The fourth-order valence-electron chi connectivity index (χ4n) is 2.06. The Labute approximate surface area is 133 Å². The first kappa shape index (κ1) is 14.6. The number of aryl methyl sites for hydroxylation is 1. The molecule has 0 unspecified atom stereocenters. The second kappa shape index (κ2) is 6.62. The predicted octanol–water partition coefficient (Wildman–Crippen LogP) is 4.53. The second-order valence-electron chi connectivity index (χ2n) is 4.77. The van der Waals surface area contributed by atoms with Gasteiger partial charge in [-0.15, -0.1) is 10.2 Å². The Morgan fingerprint density at radius 1 is 1.09 bits per heavy atom. The monoisotopic (exact) mass is 314 g/mol. The number of aromatic nitrogens is 2. The van der Waals surface area contributed by atoms with Crippen LogP contribution in [0.3, 0.4) is 0 Å². The van der Waals surface area contributed by atoms with E-state index in [4.69, 9.17) is 20.8 Å². The minimum atomic E-state index is 0.227. The first-order valence-electron chi connectivity index (χ1n) is 7.05. The lowest BCUT2D eigenvalue weighted by atomic mass is 10.2. The van der Waals surface area contributed by atoms with E-state index in [2.05, 4.69) is 23.2 Å². The van der Waals surface area contributed by atoms with Crippen LogP contribution in [0.15, 0.2) is 52.9 Å². The third kappa shape index (κ3) is 3.28. The van der Waals surface area contributed by atoms with E-state index in [-0.39, 0.29) is 6.61 Å². The molecule has 0 aliphatic rings. The van der Waals surface area contributed by atoms with Crippen molar-refractivity contribution in [2.45, 2.75) is 20.0 Å². The normalized spacial score (nSPS) is 10.6. The summed E-state index contributed by atoms with van der Waals surface area (Å²) in [6.45, 7) is 2.33. The van der Waals surface area contributed by atoms with Gasteiger partial charge in [0, 0.05) is 0 Å². The van der Waals surface area contributed by atoms with E-state index < -0.39 is 0 Å². The van der Waals surface area contributed by atoms with Crippen LogP contribution < -0.4 is 4.74 Å². The summed E-state index contributed by atoms with van der Waals surface area (Å²) in [4.78, 5) is 0. The molecule has 0 aliphatic carbocycles. The molecule has 3 aromatic rings. The first-order valence-corrected chi connectivity index (χ1v) is 7.43. The zero-order chi connectivity index (χ0) is 15.4. The van der Waals surface area contributed by atoms with Gasteiger partial charge in [0.05, 0.1) is 10.6 Å². The quantitative estimate of drug-likeness (QED) is 0.694. The lowest BCUT2D eigenvalue weighted by Crippen LogP contribution is -1.96. The standard InChI is InChI=1S/C17H15ClN2O2/c1-2-12-6-5-7-13(10-12)21-11-16-19-20-17(22-16)14-8-3-4-9-15(14)18/h3-10H,2,11H2,1H3. The lowest BCUT2D eigenvalue weighted by Gasteiger charge is -2.04. The lowest BCUT2D eigenvalue weighted by molar-refractivity contribution is 0.264. The van der Waals surface area contributed by atoms with E-state index >= 15 is 0 Å². The summed E-state index contributed by atoms with van der Waals surface area (Å²) in [5, 5.41) is 8.58. The summed E-state index contributed by atoms with van der Waals surface area (Å²) in [6.07, 6.45) is 0.967. The van der Waals surface area contributed by atoms with Gasteiger partial charge in [-0.1, -0.05) is 42.8 Å². The minimum absolute atomic E-state index is 0.227. The molecule has 0 bridgehead atoms. The molecule has 112 valence electrons. The van der Waals surface area contributed by atoms with E-state index in [1.165, 1.54) is 5.56 Å². The van der Waals surface area contributed by atoms with Gasteiger partial charge in [-0.25, -0.2) is 0 Å². The molecule has 0 spiro atoms. The SMILES string of the molecule is CCc1cccc(OCc2nnc(-c3ccccc3Cl)o2)c1. The largest absolute Gasteiger partial charge is 0.484 e. The molecule has 3 rings (SSSR count). The highest BCUT2D eigenvalue weighted by Gasteiger charge is 2.11. The van der Waals surface area contributed by atoms with Gasteiger partial charge >= 0.3 is 0 Å². The molecule has 0 saturated heterocycles. The maximum Gasteiger partial charge on any atom is 0.254 e. The highest BCUT2D eigenvalue weighted by molar-refractivity contribution is 6.33. The zero-order valence-corrected chi connectivity index (χ0v) is 12.9. The zero-order valence-electron chi connectivity index (χ0n) is 12.1. The minimum Gasteiger partial charge on any atom is -0.484 e. The average molecular weight is 315 g/mol. The van der Waals surface area contributed by atoms with Gasteiger partial charge in [-0.05, 0) is 36.2 Å². The van der Waals surface area contributed by atoms with Gasteiger partial charge < -0.3 is 9.15 Å². The molecule has 1 aromatic heterocycles. The molecule has 0 atom stereocenters. The Hall–Kier alpha value is -2.33. The van der Waals surface area contributed by atoms with Gasteiger partial charge in [-0.3, -0.25) is 0 Å². The summed E-state index contributed by atoms with van der Waals surface area (Å²) in [5.41, 5.74) is 1.94. The number of rotatable bonds is 5. The maximum atomic E-state index is 6.12. The van der Waals surface area contributed by atoms with Crippen LogP contribution in [0.5, 0.6) is 5.75 Å². The van der Waals surface area contributed by atoms with Crippen molar-refractivity contribution in [3.63, 3.8) is 0 Å². The van der Waals surface area contributed by atoms with E-state index in [0.29, 0.717) is 16.8 Å². The molecule has 22 heavy (non-hydrogen) atoms. The Balaban J connectivity index is 1.71. The number of benzene rings is 2. The van der Waals surface area contributed by atoms with Crippen molar-refractivity contribution in [3.05, 3.63) is 65.0 Å². The van der Waals surface area contributed by atoms with Gasteiger partial charge in [0.1, 0.15) is 5.75 Å². The smallest absolute Gasteiger partial charge is 0.254 e. The third-order valence-electron chi connectivity index (χ3n) is 3.24. The van der Waals surface area contributed by atoms with Crippen LogP contribution in [0.1, 0.15) is 18.4 Å². The summed E-state index contributed by atoms with van der Waals surface area (Å²) >= 11 is 6.12. The van der Waals surface area contributed by atoms with Crippen LogP contribution in [0.4, 0.5) is 0 Å². The second-order valence-corrected chi connectivity index (χ2v) is 5.18. The van der Waals surface area contributed by atoms with Gasteiger partial charge in [0.25, 0.3) is 5.89 Å².